The van der Waals surface area contributed by atoms with Crippen LogP contribution in [-0.2, 0) is 13.0 Å². The number of nitrogens with zero attached hydrogens (tertiary/aromatic N) is 3. The Morgan fingerprint density at radius 3 is 2.74 bits per heavy atom. The molecule has 0 aliphatic carbocycles. The predicted octanol–water partition coefficient (Wildman–Crippen LogP) is 2.99. The minimum atomic E-state index is 0.417. The molecule has 4 nitrogen and oxygen atoms in total. The Kier molecular flexibility index (Phi) is 4.32. The van der Waals surface area contributed by atoms with Crippen LogP contribution in [0, 0.1) is 5.92 Å². The molecule has 0 aliphatic heterocycles. The molecule has 2 aromatic rings. The topological polar surface area (TPSA) is 47.8 Å². The zero-order valence-corrected chi connectivity index (χ0v) is 11.8. The molecule has 1 aromatic carbocycles. The molecule has 5 heteroatoms. The maximum Gasteiger partial charge on any atom is 0.172 e. The molecule has 0 unspecified atom stereocenters. The summed E-state index contributed by atoms with van der Waals surface area (Å²) in [6.45, 7) is 4.73. The number of rotatable bonds is 5. The van der Waals surface area contributed by atoms with Gasteiger partial charge in [-0.1, -0.05) is 48.9 Å². The van der Waals surface area contributed by atoms with Gasteiger partial charge >= 0.3 is 0 Å². The zero-order valence-electron chi connectivity index (χ0n) is 11.0. The van der Waals surface area contributed by atoms with Gasteiger partial charge in [-0.05, 0) is 24.0 Å². The van der Waals surface area contributed by atoms with Gasteiger partial charge in [-0.2, -0.15) is 0 Å². The third-order valence-electron chi connectivity index (χ3n) is 2.86. The lowest BCUT2D eigenvalue weighted by molar-refractivity contribution is 0.111. The van der Waals surface area contributed by atoms with Crippen molar-refractivity contribution >= 4 is 17.9 Å². The summed E-state index contributed by atoms with van der Waals surface area (Å²) in [6, 6.07) is 7.61. The van der Waals surface area contributed by atoms with Gasteiger partial charge in [0.05, 0.1) is 12.2 Å². The molecular weight excluding hydrogens is 262 g/mol. The molecule has 100 valence electrons. The van der Waals surface area contributed by atoms with E-state index in [9.17, 15) is 4.79 Å². The second-order valence-electron chi connectivity index (χ2n) is 4.89. The predicted molar refractivity (Wildman–Crippen MR) is 74.5 cm³/mol. The Balaban J connectivity index is 2.32. The summed E-state index contributed by atoms with van der Waals surface area (Å²) in [5.74, 6) is 0.433. The monoisotopic (exact) mass is 277 g/mol. The first kappa shape index (κ1) is 13.7. The summed E-state index contributed by atoms with van der Waals surface area (Å²) in [4.78, 5) is 11.0. The van der Waals surface area contributed by atoms with Gasteiger partial charge in [-0.15, -0.1) is 5.10 Å². The first-order valence-corrected chi connectivity index (χ1v) is 6.60. The SMILES string of the molecule is CC(C)Cc1c(C=O)nnn1Cc1ccccc1Cl. The zero-order chi connectivity index (χ0) is 13.8. The third kappa shape index (κ3) is 3.20. The first-order chi connectivity index (χ1) is 9.11. The van der Waals surface area contributed by atoms with Crippen molar-refractivity contribution in [1.29, 1.82) is 0 Å². The number of carbonyl (C=O) groups excluding carboxylic acids is 1. The Labute approximate surface area is 117 Å². The van der Waals surface area contributed by atoms with Crippen LogP contribution in [0.3, 0.4) is 0 Å². The Morgan fingerprint density at radius 1 is 1.37 bits per heavy atom. The van der Waals surface area contributed by atoms with E-state index in [1.54, 1.807) is 4.68 Å². The summed E-state index contributed by atoms with van der Waals surface area (Å²) in [7, 11) is 0. The highest BCUT2D eigenvalue weighted by molar-refractivity contribution is 6.31. The van der Waals surface area contributed by atoms with E-state index in [0.29, 0.717) is 23.2 Å². The van der Waals surface area contributed by atoms with Crippen LogP contribution in [0.5, 0.6) is 0 Å². The van der Waals surface area contributed by atoms with Crippen LogP contribution in [0.25, 0.3) is 0 Å². The van der Waals surface area contributed by atoms with Crippen molar-refractivity contribution < 1.29 is 4.79 Å². The van der Waals surface area contributed by atoms with Crippen LogP contribution in [0.2, 0.25) is 5.02 Å². The number of carbonyl (C=O) groups is 1. The van der Waals surface area contributed by atoms with Crippen molar-refractivity contribution in [3.8, 4) is 0 Å². The quantitative estimate of drug-likeness (QED) is 0.790. The Morgan fingerprint density at radius 2 is 2.11 bits per heavy atom. The van der Waals surface area contributed by atoms with Gasteiger partial charge < -0.3 is 0 Å². The summed E-state index contributed by atoms with van der Waals surface area (Å²) in [5.41, 5.74) is 2.25. The lowest BCUT2D eigenvalue weighted by atomic mass is 10.1. The van der Waals surface area contributed by atoms with Crippen molar-refractivity contribution in [3.05, 3.63) is 46.2 Å². The fraction of sp³-hybridized carbons (Fsp3) is 0.357. The molecule has 0 N–H and O–H groups in total. The lowest BCUT2D eigenvalue weighted by Gasteiger charge is -2.10. The minimum absolute atomic E-state index is 0.417. The van der Waals surface area contributed by atoms with E-state index in [2.05, 4.69) is 24.2 Å². The fourth-order valence-electron chi connectivity index (χ4n) is 1.95. The highest BCUT2D eigenvalue weighted by atomic mass is 35.5. The molecule has 0 amide bonds. The van der Waals surface area contributed by atoms with E-state index in [4.69, 9.17) is 11.6 Å². The molecule has 0 bridgehead atoms. The third-order valence-corrected chi connectivity index (χ3v) is 3.23. The highest BCUT2D eigenvalue weighted by Crippen LogP contribution is 2.18. The van der Waals surface area contributed by atoms with Crippen molar-refractivity contribution in [2.24, 2.45) is 5.92 Å². The molecule has 0 saturated heterocycles. The summed E-state index contributed by atoms with van der Waals surface area (Å²) in [5, 5.41) is 8.66. The maximum absolute atomic E-state index is 11.0. The van der Waals surface area contributed by atoms with Gasteiger partial charge in [0.2, 0.25) is 0 Å². The number of hydrogen-bond acceptors (Lipinski definition) is 3. The molecule has 0 radical (unpaired) electrons. The lowest BCUT2D eigenvalue weighted by Crippen LogP contribution is -2.10. The Hall–Kier alpha value is -1.68. The normalized spacial score (nSPS) is 10.9. The Bertz CT molecular complexity index is 578. The molecule has 0 saturated carbocycles. The van der Waals surface area contributed by atoms with E-state index in [0.717, 1.165) is 24.0 Å². The number of aromatic nitrogens is 3. The van der Waals surface area contributed by atoms with E-state index in [1.807, 2.05) is 24.3 Å². The molecule has 1 heterocycles. The number of halogens is 1. The number of aldehydes is 1. The van der Waals surface area contributed by atoms with Crippen LogP contribution in [0.15, 0.2) is 24.3 Å². The highest BCUT2D eigenvalue weighted by Gasteiger charge is 2.14. The first-order valence-electron chi connectivity index (χ1n) is 6.22. The standard InChI is InChI=1S/C14H16ClN3O/c1-10(2)7-14-13(9-19)16-17-18(14)8-11-5-3-4-6-12(11)15/h3-6,9-10H,7-8H2,1-2H3. The van der Waals surface area contributed by atoms with Crippen molar-refractivity contribution in [2.75, 3.05) is 0 Å². The van der Waals surface area contributed by atoms with Gasteiger partial charge in [0.15, 0.2) is 6.29 Å². The van der Waals surface area contributed by atoms with Crippen LogP contribution in [0.1, 0.15) is 35.6 Å². The van der Waals surface area contributed by atoms with Crippen molar-refractivity contribution in [1.82, 2.24) is 15.0 Å². The number of benzene rings is 1. The van der Waals surface area contributed by atoms with Crippen LogP contribution in [-0.4, -0.2) is 21.3 Å². The van der Waals surface area contributed by atoms with E-state index in [1.165, 1.54) is 0 Å². The minimum Gasteiger partial charge on any atom is -0.296 e. The van der Waals surface area contributed by atoms with Gasteiger partial charge in [-0.3, -0.25) is 4.79 Å². The van der Waals surface area contributed by atoms with Gasteiger partial charge in [0.25, 0.3) is 0 Å². The largest absolute Gasteiger partial charge is 0.296 e. The van der Waals surface area contributed by atoms with Gasteiger partial charge in [-0.25, -0.2) is 4.68 Å². The molecule has 19 heavy (non-hydrogen) atoms. The van der Waals surface area contributed by atoms with Crippen LogP contribution >= 0.6 is 11.6 Å². The summed E-state index contributed by atoms with van der Waals surface area (Å²) >= 11 is 6.14. The van der Waals surface area contributed by atoms with E-state index in [-0.39, 0.29) is 0 Å². The molecule has 0 aliphatic rings. The summed E-state index contributed by atoms with van der Waals surface area (Å²) in [6.07, 6.45) is 1.53. The van der Waals surface area contributed by atoms with E-state index >= 15 is 0 Å². The molecule has 0 fully saturated rings. The fourth-order valence-corrected chi connectivity index (χ4v) is 2.14. The molecule has 0 atom stereocenters. The average molecular weight is 278 g/mol. The van der Waals surface area contributed by atoms with Gasteiger partial charge in [0.1, 0.15) is 5.69 Å². The van der Waals surface area contributed by atoms with Crippen LogP contribution in [0.4, 0.5) is 0 Å². The molecular formula is C14H16ClN3O. The second kappa shape index (κ2) is 5.97. The summed E-state index contributed by atoms with van der Waals surface area (Å²) < 4.78 is 1.75. The molecule has 2 rings (SSSR count). The molecule has 0 spiro atoms. The van der Waals surface area contributed by atoms with Crippen molar-refractivity contribution in [3.63, 3.8) is 0 Å². The van der Waals surface area contributed by atoms with Crippen molar-refractivity contribution in [2.45, 2.75) is 26.8 Å². The van der Waals surface area contributed by atoms with Crippen LogP contribution < -0.4 is 0 Å². The molecule has 1 aromatic heterocycles. The second-order valence-corrected chi connectivity index (χ2v) is 5.29. The number of hydrogen-bond donors (Lipinski definition) is 0. The maximum atomic E-state index is 11.0. The smallest absolute Gasteiger partial charge is 0.172 e. The van der Waals surface area contributed by atoms with E-state index < -0.39 is 0 Å². The van der Waals surface area contributed by atoms with Gasteiger partial charge in [0, 0.05) is 5.02 Å². The average Bonchev–Trinajstić information content (AvgIpc) is 2.74.